The van der Waals surface area contributed by atoms with E-state index in [0.29, 0.717) is 11.9 Å². The number of fused-ring (bicyclic) bond motifs is 8. The van der Waals surface area contributed by atoms with Crippen molar-refractivity contribution in [1.82, 2.24) is 25.3 Å². The number of rotatable bonds is 16. The van der Waals surface area contributed by atoms with Gasteiger partial charge in [-0.15, -0.1) is 0 Å². The molecule has 1 amide bonds. The number of nitrogens with one attached hydrogen (secondary N) is 3. The van der Waals surface area contributed by atoms with Crippen molar-refractivity contribution in [3.05, 3.63) is 69.3 Å². The number of carbonyl (C=O) groups excluding carboxylic acids is 1. The predicted octanol–water partition coefficient (Wildman–Crippen LogP) is 1.51. The Bertz CT molecular complexity index is 2400. The largest absolute Gasteiger partial charge is 0.394 e. The molecule has 7 heterocycles. The number of aromatic amines is 2. The Balaban J connectivity index is 1.12. The number of hydrogen-bond donors (Lipinski definition) is 11. The minimum Gasteiger partial charge on any atom is -0.394 e. The van der Waals surface area contributed by atoms with Crippen molar-refractivity contribution in [2.24, 2.45) is 0 Å². The van der Waals surface area contributed by atoms with Gasteiger partial charge < -0.3 is 79.8 Å². The van der Waals surface area contributed by atoms with Gasteiger partial charge in [0.15, 0.2) is 12.6 Å². The van der Waals surface area contributed by atoms with Gasteiger partial charge in [-0.2, -0.15) is 0 Å². The van der Waals surface area contributed by atoms with Gasteiger partial charge in [0.1, 0.15) is 48.8 Å². The Morgan fingerprint density at radius 2 is 1.35 bits per heavy atom. The molecule has 2 fully saturated rings. The van der Waals surface area contributed by atoms with Crippen LogP contribution in [0.4, 0.5) is 0 Å². The van der Waals surface area contributed by atoms with Gasteiger partial charge in [0.25, 0.3) is 0 Å². The summed E-state index contributed by atoms with van der Waals surface area (Å²) in [6, 6.07) is 8.17. The molecule has 7 rings (SSSR count). The molecule has 11 N–H and O–H groups in total. The van der Waals surface area contributed by atoms with Gasteiger partial charge in [-0.25, -0.2) is 4.98 Å². The second-order valence-corrected chi connectivity index (χ2v) is 17.6. The molecule has 19 heteroatoms. The van der Waals surface area contributed by atoms with Crippen molar-refractivity contribution < 1.29 is 69.3 Å². The number of ether oxygens (including phenoxy) is 5. The molecule has 3 aromatic rings. The molecule has 4 aliphatic rings. The molecule has 12 atom stereocenters. The van der Waals surface area contributed by atoms with Crippen LogP contribution in [0.2, 0.25) is 0 Å². The minimum atomic E-state index is -1.59. The zero-order chi connectivity index (χ0) is 47.6. The highest BCUT2D eigenvalue weighted by Gasteiger charge is 2.45. The van der Waals surface area contributed by atoms with Gasteiger partial charge in [0.2, 0.25) is 5.91 Å². The summed E-state index contributed by atoms with van der Waals surface area (Å²) in [6.45, 7) is 11.6. The van der Waals surface area contributed by atoms with Crippen molar-refractivity contribution in [3.8, 4) is 0 Å². The fourth-order valence-electron chi connectivity index (χ4n) is 9.17. The molecule has 0 saturated carbocycles. The minimum absolute atomic E-state index is 0.00652. The van der Waals surface area contributed by atoms with Crippen LogP contribution < -0.4 is 5.32 Å². The summed E-state index contributed by atoms with van der Waals surface area (Å²) in [5.41, 5.74) is 12.3. The lowest BCUT2D eigenvalue weighted by molar-refractivity contribution is -0.304. The molecular weight excluding hydrogens is 859 g/mol. The van der Waals surface area contributed by atoms with Gasteiger partial charge in [0, 0.05) is 63.8 Å². The van der Waals surface area contributed by atoms with E-state index in [1.54, 1.807) is 0 Å². The maximum absolute atomic E-state index is 13.2. The fourth-order valence-corrected chi connectivity index (χ4v) is 9.17. The van der Waals surface area contributed by atoms with E-state index >= 15 is 0 Å². The number of carbonyl (C=O) groups is 1. The van der Waals surface area contributed by atoms with Crippen molar-refractivity contribution in [3.63, 3.8) is 0 Å². The first-order valence-electron chi connectivity index (χ1n) is 22.7. The fraction of sp³-hybridized carbons (Fsp3) is 0.596. The van der Waals surface area contributed by atoms with Crippen molar-refractivity contribution in [2.75, 3.05) is 39.6 Å². The van der Waals surface area contributed by atoms with Crippen molar-refractivity contribution in [2.45, 2.75) is 141 Å². The molecule has 8 bridgehead atoms. The zero-order valence-electron chi connectivity index (χ0n) is 38.2. The van der Waals surface area contributed by atoms with E-state index in [2.05, 4.69) is 55.1 Å². The van der Waals surface area contributed by atoms with Crippen LogP contribution in [0, 0.1) is 20.8 Å². The third kappa shape index (κ3) is 10.3. The molecule has 362 valence electrons. The van der Waals surface area contributed by atoms with Crippen LogP contribution in [-0.4, -0.2) is 168 Å². The second kappa shape index (κ2) is 21.4. The van der Waals surface area contributed by atoms with Crippen LogP contribution >= 0.6 is 0 Å². The number of hydrogen-bond acceptors (Lipinski definition) is 16. The molecule has 66 heavy (non-hydrogen) atoms. The van der Waals surface area contributed by atoms with E-state index in [-0.39, 0.29) is 57.1 Å². The average molecular weight is 924 g/mol. The molecule has 0 radical (unpaired) electrons. The third-order valence-corrected chi connectivity index (χ3v) is 13.4. The summed E-state index contributed by atoms with van der Waals surface area (Å²) in [5, 5.41) is 83.7. The quantitative estimate of drug-likeness (QED) is 0.0908. The van der Waals surface area contributed by atoms with E-state index in [1.807, 2.05) is 26.0 Å². The van der Waals surface area contributed by atoms with E-state index < -0.39 is 74.6 Å². The van der Waals surface area contributed by atoms with Gasteiger partial charge >= 0.3 is 0 Å². The third-order valence-electron chi connectivity index (χ3n) is 13.4. The molecule has 19 nitrogen and oxygen atoms in total. The van der Waals surface area contributed by atoms with E-state index in [1.165, 1.54) is 0 Å². The summed E-state index contributed by atoms with van der Waals surface area (Å²) in [5.74, 6) is -0.366. The van der Waals surface area contributed by atoms with Crippen molar-refractivity contribution >= 4 is 39.1 Å². The standard InChI is InChI=1S/C47H65N5O14/c1-7-26-22(3)32-17-35-28(20-64-47-45(61)43(59)41(57)37(19-54)66-47)24(5)31(51-35)16-33-23(4)27(39(52-33)25(6)30-14-21(2)29(49-30)15-34(26)50-32)8-9-38(55)48-10-11-62-12-13-63-46-44(60)42(58)40(56)36(18-53)65-46/h14-17,23,27,36-37,40-47,49,51,53-54,56-61H,7-13,18-20H2,1-6H3,(H,48,55)/t23-,27-,36+,37+,40+,41+,42-,43-,44+,45+,46+,47+/m0/s1. The van der Waals surface area contributed by atoms with Crippen LogP contribution in [0.3, 0.4) is 0 Å². The predicted molar refractivity (Wildman–Crippen MR) is 240 cm³/mol. The molecule has 0 aliphatic carbocycles. The highest BCUT2D eigenvalue weighted by Crippen LogP contribution is 2.42. The molecule has 3 aromatic heterocycles. The number of aliphatic hydroxyl groups is 8. The summed E-state index contributed by atoms with van der Waals surface area (Å²) in [6.07, 6.45) is -12.5. The van der Waals surface area contributed by atoms with Crippen molar-refractivity contribution in [1.29, 1.82) is 0 Å². The van der Waals surface area contributed by atoms with Crippen LogP contribution in [-0.2, 0) is 35.1 Å². The first kappa shape index (κ1) is 49.7. The van der Waals surface area contributed by atoms with Gasteiger partial charge in [-0.05, 0) is 92.6 Å². The molecule has 0 aromatic carbocycles. The highest BCUT2D eigenvalue weighted by molar-refractivity contribution is 5.92. The summed E-state index contributed by atoms with van der Waals surface area (Å²) < 4.78 is 28.2. The number of aromatic nitrogens is 4. The average Bonchev–Trinajstić information content (AvgIpc) is 4.01. The second-order valence-electron chi connectivity index (χ2n) is 17.6. The monoisotopic (exact) mass is 923 g/mol. The summed E-state index contributed by atoms with van der Waals surface area (Å²) in [7, 11) is 0. The number of aryl methyl sites for hydroxylation is 3. The highest BCUT2D eigenvalue weighted by atomic mass is 16.7. The first-order chi connectivity index (χ1) is 31.6. The zero-order valence-corrected chi connectivity index (χ0v) is 38.2. The number of amides is 1. The normalized spacial score (nSPS) is 29.1. The number of allylic oxidation sites excluding steroid dienone is 2. The van der Waals surface area contributed by atoms with Crippen LogP contribution in [0.25, 0.3) is 33.2 Å². The van der Waals surface area contributed by atoms with E-state index in [4.69, 9.17) is 33.7 Å². The number of nitrogens with zero attached hydrogens (tertiary/aromatic N) is 2. The lowest BCUT2D eigenvalue weighted by Crippen LogP contribution is -2.59. The first-order valence-corrected chi connectivity index (χ1v) is 22.7. The van der Waals surface area contributed by atoms with E-state index in [9.17, 15) is 45.6 Å². The van der Waals surface area contributed by atoms with E-state index in [0.717, 1.165) is 79.1 Å². The van der Waals surface area contributed by atoms with Crippen LogP contribution in [0.5, 0.6) is 0 Å². The molecule has 2 saturated heterocycles. The molecule has 4 aliphatic heterocycles. The lowest BCUT2D eigenvalue weighted by atomic mass is 9.86. The number of aliphatic hydroxyl groups excluding tert-OH is 8. The topological polar surface area (TPSA) is 294 Å². The van der Waals surface area contributed by atoms with Crippen LogP contribution in [0.1, 0.15) is 96.9 Å². The summed E-state index contributed by atoms with van der Waals surface area (Å²) in [4.78, 5) is 30.8. The Kier molecular flexibility index (Phi) is 16.1. The van der Waals surface area contributed by atoms with Crippen LogP contribution in [0.15, 0.2) is 24.3 Å². The lowest BCUT2D eigenvalue weighted by Gasteiger charge is -2.39. The Morgan fingerprint density at radius 1 is 0.727 bits per heavy atom. The SMILES string of the molecule is CCC1=C(C)c2cc3[nH]c(cc4nc(c(C)c5cc(C)c(cc1n2)[nH]5)[C@@H](CCC(=O)NCCOCCO[C@@H]1O[C@H](CO)[C@@H](O)[C@H](O)[C@H]1O)[C@@H]4C)c(C)c3CO[C@@H]1O[C@H](CO)[C@@H](O)[C@H](O)[C@H]1O. The molecule has 0 unspecified atom stereocenters. The van der Waals surface area contributed by atoms with Gasteiger partial charge in [-0.1, -0.05) is 13.8 Å². The molecular formula is C47H65N5O14. The smallest absolute Gasteiger partial charge is 0.220 e. The molecule has 0 spiro atoms. The Labute approximate surface area is 382 Å². The number of H-pyrrole nitrogens is 2. The van der Waals surface area contributed by atoms with Gasteiger partial charge in [-0.3, -0.25) is 9.78 Å². The van der Waals surface area contributed by atoms with Gasteiger partial charge in [0.05, 0.1) is 51.0 Å². The maximum Gasteiger partial charge on any atom is 0.220 e. The maximum atomic E-state index is 13.2. The Morgan fingerprint density at radius 3 is 2.00 bits per heavy atom. The summed E-state index contributed by atoms with van der Waals surface area (Å²) >= 11 is 0. The Hall–Kier alpha value is -4.19.